The molecule has 0 aromatic carbocycles. The highest BCUT2D eigenvalue weighted by Crippen LogP contribution is 2.04. The van der Waals surface area contributed by atoms with Crippen molar-refractivity contribution in [2.75, 3.05) is 46.6 Å². The van der Waals surface area contributed by atoms with E-state index in [0.29, 0.717) is 0 Å². The molecule has 0 aliphatic heterocycles. The van der Waals surface area contributed by atoms with Crippen molar-refractivity contribution in [3.05, 3.63) is 10.6 Å². The molecule has 0 spiro atoms. The Bertz CT molecular complexity index is 510. The summed E-state index contributed by atoms with van der Waals surface area (Å²) in [6.45, 7) is 1.23. The van der Waals surface area contributed by atoms with Gasteiger partial charge in [-0.05, 0) is 15.9 Å². The van der Waals surface area contributed by atoms with Crippen LogP contribution in [-0.2, 0) is 33.4 Å². The third-order valence-electron chi connectivity index (χ3n) is 2.69. The number of carbonyl (C=O) groups excluding carboxylic acids is 3. The van der Waals surface area contributed by atoms with Crippen molar-refractivity contribution in [1.82, 2.24) is 10.6 Å². The lowest BCUT2D eigenvalue weighted by Crippen LogP contribution is -2.29. The van der Waals surface area contributed by atoms with Gasteiger partial charge >= 0.3 is 11.9 Å². The molecule has 0 radical (unpaired) electrons. The molecule has 2 amide bonds. The second-order valence-corrected chi connectivity index (χ2v) is 5.59. The largest absolute Gasteiger partial charge is 0.481 e. The fourth-order valence-corrected chi connectivity index (χ4v) is 1.77. The highest BCUT2D eigenvalue weighted by atomic mass is 79.9. The van der Waals surface area contributed by atoms with Crippen LogP contribution in [0.15, 0.2) is 10.6 Å². The van der Waals surface area contributed by atoms with Crippen molar-refractivity contribution < 1.29 is 38.5 Å². The monoisotopic (exact) mass is 438 g/mol. The van der Waals surface area contributed by atoms with E-state index in [9.17, 15) is 19.2 Å². The average Bonchev–Trinajstić information content (AvgIpc) is 2.59. The Morgan fingerprint density at radius 1 is 0.962 bits per heavy atom. The summed E-state index contributed by atoms with van der Waals surface area (Å²) in [5.74, 6) is -2.39. The van der Waals surface area contributed by atoms with Crippen LogP contribution in [-0.4, -0.2) is 75.5 Å². The summed E-state index contributed by atoms with van der Waals surface area (Å²) in [5, 5.41) is 13.4. The molecule has 0 saturated heterocycles. The summed E-state index contributed by atoms with van der Waals surface area (Å²) < 4.78 is 14.7. The molecule has 0 atom stereocenters. The SMILES string of the molecule is COC(=O)CCNC(=O)C(Br)=CC(=O)NCCOCCOCCC(=O)O. The Labute approximate surface area is 159 Å². The van der Waals surface area contributed by atoms with Gasteiger partial charge in [0.05, 0.1) is 50.9 Å². The number of carboxylic acid groups (broad SMARTS) is 1. The number of nitrogens with one attached hydrogen (secondary N) is 2. The first-order chi connectivity index (χ1) is 12.4. The molecule has 0 aliphatic rings. The van der Waals surface area contributed by atoms with E-state index < -0.39 is 23.8 Å². The van der Waals surface area contributed by atoms with Crippen LogP contribution < -0.4 is 10.6 Å². The van der Waals surface area contributed by atoms with E-state index in [2.05, 4.69) is 31.3 Å². The van der Waals surface area contributed by atoms with Crippen LogP contribution >= 0.6 is 15.9 Å². The molecule has 11 heteroatoms. The maximum absolute atomic E-state index is 11.7. The van der Waals surface area contributed by atoms with Crippen molar-refractivity contribution >= 4 is 39.7 Å². The zero-order chi connectivity index (χ0) is 19.8. The summed E-state index contributed by atoms with van der Waals surface area (Å²) in [6.07, 6.45) is 1.04. The van der Waals surface area contributed by atoms with Gasteiger partial charge in [0.15, 0.2) is 0 Å². The number of halogens is 1. The molecule has 0 aromatic heterocycles. The quantitative estimate of drug-likeness (QED) is 0.188. The molecular formula is C15H23BrN2O8. The molecule has 0 heterocycles. The van der Waals surface area contributed by atoms with E-state index in [4.69, 9.17) is 14.6 Å². The molecule has 0 unspecified atom stereocenters. The van der Waals surface area contributed by atoms with Crippen LogP contribution in [0, 0.1) is 0 Å². The number of rotatable bonds is 14. The van der Waals surface area contributed by atoms with Crippen LogP contribution in [0.4, 0.5) is 0 Å². The topological polar surface area (TPSA) is 140 Å². The first-order valence-corrected chi connectivity index (χ1v) is 8.53. The molecule has 10 nitrogen and oxygen atoms in total. The molecule has 26 heavy (non-hydrogen) atoms. The lowest BCUT2D eigenvalue weighted by Gasteiger charge is -2.06. The van der Waals surface area contributed by atoms with E-state index in [1.807, 2.05) is 0 Å². The van der Waals surface area contributed by atoms with Gasteiger partial charge in [-0.25, -0.2) is 0 Å². The van der Waals surface area contributed by atoms with Gasteiger partial charge in [-0.15, -0.1) is 0 Å². The second-order valence-electron chi connectivity index (χ2n) is 4.73. The molecule has 148 valence electrons. The first kappa shape index (κ1) is 24.0. The third-order valence-corrected chi connectivity index (χ3v) is 3.28. The summed E-state index contributed by atoms with van der Waals surface area (Å²) in [5.41, 5.74) is 0. The van der Waals surface area contributed by atoms with Gasteiger partial charge in [-0.3, -0.25) is 19.2 Å². The predicted octanol–water partition coefficient (Wildman–Crippen LogP) is -0.431. The molecule has 0 saturated carbocycles. The first-order valence-electron chi connectivity index (χ1n) is 7.74. The number of ether oxygens (including phenoxy) is 3. The molecule has 3 N–H and O–H groups in total. The number of methoxy groups -OCH3 is 1. The van der Waals surface area contributed by atoms with Gasteiger partial charge in [-0.2, -0.15) is 0 Å². The number of esters is 1. The van der Waals surface area contributed by atoms with Gasteiger partial charge in [0, 0.05) is 19.2 Å². The highest BCUT2D eigenvalue weighted by Gasteiger charge is 2.09. The zero-order valence-electron chi connectivity index (χ0n) is 14.4. The average molecular weight is 439 g/mol. The van der Waals surface area contributed by atoms with Gasteiger partial charge < -0.3 is 30.0 Å². The number of hydrogen-bond acceptors (Lipinski definition) is 7. The number of amides is 2. The van der Waals surface area contributed by atoms with Gasteiger partial charge in [0.1, 0.15) is 0 Å². The Morgan fingerprint density at radius 2 is 1.62 bits per heavy atom. The van der Waals surface area contributed by atoms with Gasteiger partial charge in [0.2, 0.25) is 5.91 Å². The van der Waals surface area contributed by atoms with Crippen molar-refractivity contribution in [3.63, 3.8) is 0 Å². The minimum absolute atomic E-state index is 0.0209. The lowest BCUT2D eigenvalue weighted by molar-refractivity contribution is -0.140. The molecule has 0 bridgehead atoms. The molecule has 0 aliphatic carbocycles. The van der Waals surface area contributed by atoms with Gasteiger partial charge in [-0.1, -0.05) is 0 Å². The minimum atomic E-state index is -0.926. The smallest absolute Gasteiger partial charge is 0.307 e. The second kappa shape index (κ2) is 15.3. The van der Waals surface area contributed by atoms with Crippen LogP contribution in [0.3, 0.4) is 0 Å². The molecule has 0 aromatic rings. The minimum Gasteiger partial charge on any atom is -0.481 e. The van der Waals surface area contributed by atoms with Crippen molar-refractivity contribution in [2.24, 2.45) is 0 Å². The number of carbonyl (C=O) groups is 4. The van der Waals surface area contributed by atoms with E-state index in [0.717, 1.165) is 6.08 Å². The normalized spacial score (nSPS) is 10.9. The summed E-state index contributed by atoms with van der Waals surface area (Å²) in [6, 6.07) is 0. The van der Waals surface area contributed by atoms with E-state index in [-0.39, 0.29) is 56.8 Å². The standard InChI is InChI=1S/C15H23BrN2O8/c1-24-14(22)2-4-18-15(23)11(16)10-12(19)17-5-7-26-9-8-25-6-3-13(20)21/h10H,2-9H2,1H3,(H,17,19)(H,18,23)(H,20,21). The summed E-state index contributed by atoms with van der Waals surface area (Å²) in [7, 11) is 1.25. The highest BCUT2D eigenvalue weighted by molar-refractivity contribution is 9.12. The third kappa shape index (κ3) is 14.4. The number of carboxylic acids is 1. The fourth-order valence-electron chi connectivity index (χ4n) is 1.42. The van der Waals surface area contributed by atoms with Crippen molar-refractivity contribution in [1.29, 1.82) is 0 Å². The van der Waals surface area contributed by atoms with Crippen LogP contribution in [0.1, 0.15) is 12.8 Å². The molecule has 0 rings (SSSR count). The fraction of sp³-hybridized carbons (Fsp3) is 0.600. The van der Waals surface area contributed by atoms with Crippen LogP contribution in [0.25, 0.3) is 0 Å². The zero-order valence-corrected chi connectivity index (χ0v) is 16.0. The van der Waals surface area contributed by atoms with Crippen LogP contribution in [0.2, 0.25) is 0 Å². The molecule has 0 fully saturated rings. The number of hydrogen-bond donors (Lipinski definition) is 3. The van der Waals surface area contributed by atoms with E-state index in [1.165, 1.54) is 7.11 Å². The number of aliphatic carboxylic acids is 1. The Kier molecular flexibility index (Phi) is 14.1. The van der Waals surface area contributed by atoms with E-state index in [1.54, 1.807) is 0 Å². The van der Waals surface area contributed by atoms with Crippen LogP contribution in [0.5, 0.6) is 0 Å². The lowest BCUT2D eigenvalue weighted by atomic mass is 10.4. The van der Waals surface area contributed by atoms with E-state index >= 15 is 0 Å². The van der Waals surface area contributed by atoms with Crippen molar-refractivity contribution in [2.45, 2.75) is 12.8 Å². The maximum Gasteiger partial charge on any atom is 0.307 e. The molecular weight excluding hydrogens is 416 g/mol. The van der Waals surface area contributed by atoms with Gasteiger partial charge in [0.25, 0.3) is 5.91 Å². The predicted molar refractivity (Wildman–Crippen MR) is 93.6 cm³/mol. The Hall–Kier alpha value is -1.98. The van der Waals surface area contributed by atoms with Crippen molar-refractivity contribution in [3.8, 4) is 0 Å². The Balaban J connectivity index is 3.75. The summed E-state index contributed by atoms with van der Waals surface area (Å²) >= 11 is 2.98. The Morgan fingerprint density at radius 3 is 2.23 bits per heavy atom. The maximum atomic E-state index is 11.7. The summed E-state index contributed by atoms with van der Waals surface area (Å²) in [4.78, 5) is 44.4.